The van der Waals surface area contributed by atoms with Gasteiger partial charge in [0.1, 0.15) is 0 Å². The van der Waals surface area contributed by atoms with E-state index in [1.807, 2.05) is 11.3 Å². The molecule has 1 aromatic heterocycles. The maximum Gasteiger partial charge on any atom is 0.0434 e. The van der Waals surface area contributed by atoms with E-state index in [4.69, 9.17) is 0 Å². The number of hydrogen-bond acceptors (Lipinski definition) is 1. The van der Waals surface area contributed by atoms with Crippen LogP contribution in [0.5, 0.6) is 0 Å². The fourth-order valence-corrected chi connectivity index (χ4v) is 6.54. The van der Waals surface area contributed by atoms with Gasteiger partial charge >= 0.3 is 0 Å². The largest absolute Gasteiger partial charge is 0.135 e. The number of rotatable bonds is 5. The van der Waals surface area contributed by atoms with Gasteiger partial charge in [0, 0.05) is 25.6 Å². The van der Waals surface area contributed by atoms with Gasteiger partial charge in [-0.2, -0.15) is 0 Å². The molecule has 0 nitrogen and oxygen atoms in total. The van der Waals surface area contributed by atoms with E-state index in [0.717, 1.165) is 0 Å². The van der Waals surface area contributed by atoms with Crippen LogP contribution in [0.2, 0.25) is 0 Å². The molecule has 0 bridgehead atoms. The summed E-state index contributed by atoms with van der Waals surface area (Å²) in [6, 6.07) is 29.9. The lowest BCUT2D eigenvalue weighted by Crippen LogP contribution is -2.20. The van der Waals surface area contributed by atoms with Gasteiger partial charge in [-0.25, -0.2) is 0 Å². The summed E-state index contributed by atoms with van der Waals surface area (Å²) in [6.45, 7) is 13.7. The van der Waals surface area contributed by atoms with Gasteiger partial charge in [-0.05, 0) is 83.3 Å². The molecule has 0 aliphatic carbocycles. The maximum absolute atomic E-state index is 2.43. The summed E-state index contributed by atoms with van der Waals surface area (Å²) < 4.78 is 2.76. The molecule has 0 saturated heterocycles. The summed E-state index contributed by atoms with van der Waals surface area (Å²) >= 11 is 1.94. The van der Waals surface area contributed by atoms with Gasteiger partial charge in [-0.1, -0.05) is 88.4 Å². The van der Waals surface area contributed by atoms with Crippen molar-refractivity contribution in [1.82, 2.24) is 0 Å². The summed E-state index contributed by atoms with van der Waals surface area (Å²) in [5.74, 6) is 0.603. The number of thiophene rings is 1. The van der Waals surface area contributed by atoms with E-state index < -0.39 is 0 Å². The first kappa shape index (κ1) is 22.9. The molecule has 0 aliphatic rings. The highest BCUT2D eigenvalue weighted by Gasteiger charge is 2.25. The summed E-state index contributed by atoms with van der Waals surface area (Å²) in [5, 5.41) is 2.74. The second-order valence-corrected chi connectivity index (χ2v) is 11.4. The molecule has 0 N–H and O–H groups in total. The molecule has 1 unspecified atom stereocenters. The van der Waals surface area contributed by atoms with Crippen molar-refractivity contribution in [3.8, 4) is 11.1 Å². The standard InChI is InChI=1S/C33H34S/c1-7-22(3)24-12-14-25(15-13-24)28-18-21(2)19-29-27-17-16-26(20-31(27)34-32(28)29)33(5,6)30-11-9-8-10-23(30)4/h8-20,22H,7H2,1-6H3. The van der Waals surface area contributed by atoms with Crippen LogP contribution in [0.1, 0.15) is 67.9 Å². The first-order valence-electron chi connectivity index (χ1n) is 12.4. The van der Waals surface area contributed by atoms with Crippen molar-refractivity contribution in [1.29, 1.82) is 0 Å². The third-order valence-electron chi connectivity index (χ3n) is 7.66. The lowest BCUT2D eigenvalue weighted by atomic mass is 9.76. The smallest absolute Gasteiger partial charge is 0.0434 e. The van der Waals surface area contributed by atoms with E-state index in [0.29, 0.717) is 5.92 Å². The molecular weight excluding hydrogens is 428 g/mol. The molecule has 0 aliphatic heterocycles. The fourth-order valence-electron chi connectivity index (χ4n) is 5.28. The Balaban J connectivity index is 1.65. The van der Waals surface area contributed by atoms with Crippen molar-refractivity contribution in [3.63, 3.8) is 0 Å². The van der Waals surface area contributed by atoms with Gasteiger partial charge in [0.25, 0.3) is 0 Å². The third kappa shape index (κ3) is 3.87. The quantitative estimate of drug-likeness (QED) is 0.244. The molecule has 1 heteroatoms. The average Bonchev–Trinajstić information content (AvgIpc) is 3.21. The molecule has 1 atom stereocenters. The van der Waals surface area contributed by atoms with E-state index >= 15 is 0 Å². The highest BCUT2D eigenvalue weighted by atomic mass is 32.1. The molecule has 0 fully saturated rings. The first-order valence-corrected chi connectivity index (χ1v) is 13.2. The first-order chi connectivity index (χ1) is 16.3. The van der Waals surface area contributed by atoms with Gasteiger partial charge in [0.2, 0.25) is 0 Å². The SMILES string of the molecule is CCC(C)c1ccc(-c2cc(C)cc3c2sc2cc(C(C)(C)c4ccccc4C)ccc23)cc1. The van der Waals surface area contributed by atoms with Gasteiger partial charge in [0.15, 0.2) is 0 Å². The average molecular weight is 463 g/mol. The molecule has 34 heavy (non-hydrogen) atoms. The van der Waals surface area contributed by atoms with Crippen molar-refractivity contribution < 1.29 is 0 Å². The Morgan fingerprint density at radius 2 is 1.56 bits per heavy atom. The molecule has 5 aromatic rings. The van der Waals surface area contributed by atoms with Gasteiger partial charge in [-0.15, -0.1) is 11.3 Å². The highest BCUT2D eigenvalue weighted by Crippen LogP contribution is 2.43. The molecule has 0 saturated carbocycles. The van der Waals surface area contributed by atoms with E-state index in [2.05, 4.69) is 120 Å². The Morgan fingerprint density at radius 1 is 0.824 bits per heavy atom. The number of benzene rings is 4. The number of hydrogen-bond donors (Lipinski definition) is 0. The normalized spacial score (nSPS) is 13.0. The molecule has 5 rings (SSSR count). The van der Waals surface area contributed by atoms with Crippen molar-refractivity contribution >= 4 is 31.5 Å². The monoisotopic (exact) mass is 462 g/mol. The number of fused-ring (bicyclic) bond motifs is 3. The van der Waals surface area contributed by atoms with Crippen molar-refractivity contribution in [2.24, 2.45) is 0 Å². The third-order valence-corrected chi connectivity index (χ3v) is 8.86. The lowest BCUT2D eigenvalue weighted by Gasteiger charge is -2.28. The predicted octanol–water partition coefficient (Wildman–Crippen LogP) is 10.2. The molecule has 0 spiro atoms. The second kappa shape index (κ2) is 8.71. The van der Waals surface area contributed by atoms with Gasteiger partial charge < -0.3 is 0 Å². The zero-order chi connectivity index (χ0) is 24.0. The van der Waals surface area contributed by atoms with Crippen LogP contribution in [0.25, 0.3) is 31.3 Å². The van der Waals surface area contributed by atoms with Crippen molar-refractivity contribution in [3.05, 3.63) is 107 Å². The van der Waals surface area contributed by atoms with Crippen LogP contribution < -0.4 is 0 Å². The van der Waals surface area contributed by atoms with Crippen LogP contribution in [0, 0.1) is 13.8 Å². The van der Waals surface area contributed by atoms with Crippen molar-refractivity contribution in [2.75, 3.05) is 0 Å². The van der Waals surface area contributed by atoms with Crippen LogP contribution in [-0.4, -0.2) is 0 Å². The van der Waals surface area contributed by atoms with Crippen LogP contribution in [0.15, 0.2) is 78.9 Å². The molecule has 172 valence electrons. The minimum Gasteiger partial charge on any atom is -0.135 e. The van der Waals surface area contributed by atoms with Crippen molar-refractivity contribution in [2.45, 2.75) is 59.3 Å². The van der Waals surface area contributed by atoms with E-state index in [1.54, 1.807) is 0 Å². The van der Waals surface area contributed by atoms with Crippen LogP contribution in [0.3, 0.4) is 0 Å². The van der Waals surface area contributed by atoms with Crippen LogP contribution in [-0.2, 0) is 5.41 Å². The topological polar surface area (TPSA) is 0 Å². The van der Waals surface area contributed by atoms with E-state index in [-0.39, 0.29) is 5.41 Å². The Hall–Kier alpha value is -2.90. The van der Waals surface area contributed by atoms with Gasteiger partial charge in [0.05, 0.1) is 0 Å². The molecule has 0 amide bonds. The van der Waals surface area contributed by atoms with E-state index in [9.17, 15) is 0 Å². The second-order valence-electron chi connectivity index (χ2n) is 10.4. The highest BCUT2D eigenvalue weighted by molar-refractivity contribution is 7.26. The Morgan fingerprint density at radius 3 is 2.26 bits per heavy atom. The zero-order valence-corrected chi connectivity index (χ0v) is 22.0. The zero-order valence-electron chi connectivity index (χ0n) is 21.2. The molecule has 1 heterocycles. The summed E-state index contributed by atoms with van der Waals surface area (Å²) in [6.07, 6.45) is 1.17. The van der Waals surface area contributed by atoms with E-state index in [1.165, 1.54) is 65.5 Å². The fraction of sp³-hybridized carbons (Fsp3) is 0.273. The summed E-state index contributed by atoms with van der Waals surface area (Å²) in [4.78, 5) is 0. The van der Waals surface area contributed by atoms with Crippen LogP contribution in [0.4, 0.5) is 0 Å². The summed E-state index contributed by atoms with van der Waals surface area (Å²) in [5.41, 5.74) is 9.49. The number of aryl methyl sites for hydroxylation is 2. The minimum absolute atomic E-state index is 0.0414. The Labute approximate surface area is 208 Å². The molecule has 4 aromatic carbocycles. The summed E-state index contributed by atoms with van der Waals surface area (Å²) in [7, 11) is 0. The predicted molar refractivity (Wildman–Crippen MR) is 152 cm³/mol. The molecular formula is C33H34S. The van der Waals surface area contributed by atoms with Gasteiger partial charge in [-0.3, -0.25) is 0 Å². The Bertz CT molecular complexity index is 1480. The van der Waals surface area contributed by atoms with Crippen LogP contribution >= 0.6 is 11.3 Å². The maximum atomic E-state index is 2.43. The Kier molecular flexibility index (Phi) is 5.86. The minimum atomic E-state index is -0.0414. The lowest BCUT2D eigenvalue weighted by molar-refractivity contribution is 0.637. The molecule has 0 radical (unpaired) electrons.